The van der Waals surface area contributed by atoms with Crippen molar-refractivity contribution in [3.05, 3.63) is 0 Å². The van der Waals surface area contributed by atoms with E-state index in [9.17, 15) is 38.6 Å². The zero-order chi connectivity index (χ0) is 16.1. The molecule has 0 spiro atoms. The zero-order valence-electron chi connectivity index (χ0n) is 13.6. The Morgan fingerprint density at radius 2 is 1.25 bits per heavy atom. The Hall–Kier alpha value is 3.77. The van der Waals surface area contributed by atoms with Gasteiger partial charge in [0.1, 0.15) is 24.9 Å². The maximum Gasteiger partial charge on any atom is 1.00 e. The quantitative estimate of drug-likeness (QED) is 0.177. The van der Waals surface area contributed by atoms with Crippen molar-refractivity contribution < 1.29 is 176 Å². The third kappa shape index (κ3) is 20.5. The molecule has 3 atom stereocenters. The first-order valence-corrected chi connectivity index (χ1v) is 7.65. The summed E-state index contributed by atoms with van der Waals surface area (Å²) in [6.07, 6.45) is -6.83. The number of aliphatic hydroxyl groups is 3. The molecule has 0 aromatic rings. The maximum atomic E-state index is 11.1. The second-order valence-corrected chi connectivity index (χ2v) is 5.74. The summed E-state index contributed by atoms with van der Waals surface area (Å²) in [5.74, 6) is -1.48. The fourth-order valence-corrected chi connectivity index (χ4v) is 1.52. The van der Waals surface area contributed by atoms with Crippen molar-refractivity contribution in [2.75, 3.05) is 13.2 Å². The summed E-state index contributed by atoms with van der Waals surface area (Å²) in [4.78, 5) is 51.4. The van der Waals surface area contributed by atoms with Gasteiger partial charge in [0.15, 0.2) is 5.78 Å². The molecule has 0 fully saturated rings. The Balaban J connectivity index is -0.000000301. The number of hydrogen-bond donors (Lipinski definition) is 3. The summed E-state index contributed by atoms with van der Waals surface area (Å²) in [7, 11) is -10.9. The summed E-state index contributed by atoms with van der Waals surface area (Å²) < 4.78 is 27.3. The molecule has 0 radical (unpaired) electrons. The molecule has 12 nitrogen and oxygen atoms in total. The van der Waals surface area contributed by atoms with E-state index in [-0.39, 0.29) is 118 Å². The normalized spacial score (nSPS) is 14.6. The molecule has 0 saturated heterocycles. The molecule has 0 aromatic heterocycles. The summed E-state index contributed by atoms with van der Waals surface area (Å²) in [5.41, 5.74) is 0. The average molecular weight is 429 g/mol. The van der Waals surface area contributed by atoms with Gasteiger partial charge in [-0.15, -0.1) is 0 Å². The zero-order valence-corrected chi connectivity index (χ0v) is 23.3. The first-order valence-electron chi connectivity index (χ1n) is 4.73. The van der Waals surface area contributed by atoms with Gasteiger partial charge in [-0.05, 0) is 0 Å². The number of rotatable bonds is 9. The number of carbonyl (C=O) groups excluding carboxylic acids is 1. The molecule has 0 aliphatic rings. The van der Waals surface area contributed by atoms with Crippen LogP contribution in [0.25, 0.3) is 0 Å². The van der Waals surface area contributed by atoms with Crippen LogP contribution in [0, 0.1) is 0 Å². The predicted octanol–water partition coefficient (Wildman–Crippen LogP) is -17.7. The average Bonchev–Trinajstić information content (AvgIpc) is 2.29. The summed E-state index contributed by atoms with van der Waals surface area (Å²) >= 11 is 0. The number of hydrogen-bond acceptors (Lipinski definition) is 12. The molecule has 0 bridgehead atoms. The van der Waals surface area contributed by atoms with Gasteiger partial charge in [0, 0.05) is 0 Å². The fraction of sp³-hybridized carbons (Fsp3) is 0.833. The van der Waals surface area contributed by atoms with Crippen LogP contribution in [0.4, 0.5) is 0 Å². The van der Waals surface area contributed by atoms with Crippen molar-refractivity contribution in [2.45, 2.75) is 18.3 Å². The largest absolute Gasteiger partial charge is 1.00 e. The Morgan fingerprint density at radius 3 is 1.58 bits per heavy atom. The molecule has 18 heteroatoms. The van der Waals surface area contributed by atoms with E-state index in [1.807, 2.05) is 0 Å². The number of phosphoric acid groups is 2. The minimum atomic E-state index is -5.47. The summed E-state index contributed by atoms with van der Waals surface area (Å²) in [5, 5.41) is 27.5. The van der Waals surface area contributed by atoms with Crippen LogP contribution in [0.5, 0.6) is 0 Å². The van der Waals surface area contributed by atoms with Crippen LogP contribution < -0.4 is 138 Å². The van der Waals surface area contributed by atoms with Gasteiger partial charge in [-0.25, -0.2) is 0 Å². The minimum absolute atomic E-state index is 0. The molecular formula is C6H10Na4O12P2. The molecule has 120 valence electrons. The van der Waals surface area contributed by atoms with Crippen LogP contribution in [0.2, 0.25) is 0 Å². The fourth-order valence-electron chi connectivity index (χ4n) is 0.895. The minimum Gasteiger partial charge on any atom is -0.790 e. The third-order valence-corrected chi connectivity index (χ3v) is 2.73. The van der Waals surface area contributed by atoms with Crippen LogP contribution in [-0.4, -0.2) is 52.6 Å². The van der Waals surface area contributed by atoms with Gasteiger partial charge < -0.3 is 53.1 Å². The van der Waals surface area contributed by atoms with Gasteiger partial charge in [0.2, 0.25) is 0 Å². The van der Waals surface area contributed by atoms with Crippen molar-refractivity contribution in [1.29, 1.82) is 0 Å². The SMILES string of the molecule is O=C(COP(=O)([O-])[O-])[13C@@H](O)[C@H](O)[C@H](O)COP(=O)([O-])[O-].[Na+].[Na+].[Na+].[Na+]. The van der Waals surface area contributed by atoms with E-state index < -0.39 is 53.0 Å². The van der Waals surface area contributed by atoms with E-state index >= 15 is 0 Å². The van der Waals surface area contributed by atoms with Crippen molar-refractivity contribution in [1.82, 2.24) is 0 Å². The summed E-state index contributed by atoms with van der Waals surface area (Å²) in [6.45, 7) is -2.63. The van der Waals surface area contributed by atoms with Crippen molar-refractivity contribution in [2.24, 2.45) is 0 Å². The van der Waals surface area contributed by atoms with E-state index in [2.05, 4.69) is 9.05 Å². The second-order valence-electron chi connectivity index (χ2n) is 3.43. The molecular weight excluding hydrogens is 419 g/mol. The molecule has 0 saturated carbocycles. The van der Waals surface area contributed by atoms with Gasteiger partial charge in [-0.3, -0.25) is 4.79 Å². The Labute approximate surface area is 225 Å². The van der Waals surface area contributed by atoms with Gasteiger partial charge >= 0.3 is 118 Å². The van der Waals surface area contributed by atoms with E-state index in [1.54, 1.807) is 0 Å². The summed E-state index contributed by atoms with van der Waals surface area (Å²) in [6, 6.07) is 0. The van der Waals surface area contributed by atoms with E-state index in [1.165, 1.54) is 0 Å². The number of aliphatic hydroxyl groups excluding tert-OH is 3. The van der Waals surface area contributed by atoms with E-state index in [0.29, 0.717) is 0 Å². The molecule has 0 aromatic carbocycles. The number of ketones is 1. The van der Waals surface area contributed by atoms with Gasteiger partial charge in [-0.1, -0.05) is 0 Å². The monoisotopic (exact) mass is 429 g/mol. The molecule has 0 heterocycles. The molecule has 0 amide bonds. The van der Waals surface area contributed by atoms with Gasteiger partial charge in [-0.2, -0.15) is 0 Å². The number of Topliss-reactive ketones (excluding diaryl/α,β-unsaturated/α-hetero) is 1. The maximum absolute atomic E-state index is 11.1. The van der Waals surface area contributed by atoms with Crippen LogP contribution in [0.3, 0.4) is 0 Å². The number of carbonyl (C=O) groups is 1. The van der Waals surface area contributed by atoms with Crippen molar-refractivity contribution in [3.63, 3.8) is 0 Å². The molecule has 0 rings (SSSR count). The van der Waals surface area contributed by atoms with Gasteiger partial charge in [0.05, 0.1) is 22.3 Å². The van der Waals surface area contributed by atoms with Gasteiger partial charge in [0.25, 0.3) is 0 Å². The van der Waals surface area contributed by atoms with E-state index in [0.717, 1.165) is 0 Å². The molecule has 0 aliphatic carbocycles. The van der Waals surface area contributed by atoms with Crippen molar-refractivity contribution in [3.8, 4) is 0 Å². The Kier molecular flexibility index (Phi) is 28.2. The smallest absolute Gasteiger partial charge is 0.790 e. The van der Waals surface area contributed by atoms with Crippen molar-refractivity contribution >= 4 is 21.4 Å². The van der Waals surface area contributed by atoms with Crippen LogP contribution in [0.1, 0.15) is 0 Å². The van der Waals surface area contributed by atoms with Crippen LogP contribution >= 0.6 is 15.6 Å². The first kappa shape index (κ1) is 38.4. The molecule has 0 aliphatic heterocycles. The first-order chi connectivity index (χ1) is 8.83. The Bertz CT molecular complexity index is 426. The topological polar surface area (TPSA) is 223 Å². The molecule has 3 N–H and O–H groups in total. The van der Waals surface area contributed by atoms with E-state index in [4.69, 9.17) is 10.2 Å². The second kappa shape index (κ2) is 17.6. The van der Waals surface area contributed by atoms with Crippen LogP contribution in [-0.2, 0) is 23.0 Å². The predicted molar refractivity (Wildman–Crippen MR) is 50.1 cm³/mol. The molecule has 0 unspecified atom stereocenters. The number of phosphoric ester groups is 2. The standard InChI is InChI=1S/C6H14O12P2.4Na/c7-3(1-17-19(11,12)13)5(9)6(10)4(8)2-18-20(14,15)16;;;;/h3,5-7,9-10H,1-2H2,(H2,11,12,13)(H2,14,15,16);;;;/q;4*+1/p-4/t3-,5-,6-;;;;/m1..../s1/i6+1;;;;. The van der Waals surface area contributed by atoms with Crippen LogP contribution in [0.15, 0.2) is 0 Å². The third-order valence-electron chi connectivity index (χ3n) is 1.82. The molecule has 24 heavy (non-hydrogen) atoms. The Morgan fingerprint density at radius 1 is 0.875 bits per heavy atom.